The number of benzene rings is 3. The van der Waals surface area contributed by atoms with E-state index in [0.29, 0.717) is 27.6 Å². The van der Waals surface area contributed by atoms with E-state index in [2.05, 4.69) is 10.4 Å². The molecule has 0 saturated heterocycles. The number of aromatic nitrogens is 2. The smallest absolute Gasteiger partial charge is 0.262 e. The van der Waals surface area contributed by atoms with Gasteiger partial charge >= 0.3 is 0 Å². The third-order valence-electron chi connectivity index (χ3n) is 5.15. The number of anilines is 1. The normalized spacial score (nSPS) is 10.6. The number of ether oxygens (including phenoxy) is 1. The fourth-order valence-electron chi connectivity index (χ4n) is 3.44. The highest BCUT2D eigenvalue weighted by Crippen LogP contribution is 2.23. The molecule has 6 nitrogen and oxygen atoms in total. The molecule has 1 aromatic heterocycles. The van der Waals surface area contributed by atoms with Crippen molar-refractivity contribution in [3.63, 3.8) is 0 Å². The molecule has 0 atom stereocenters. The van der Waals surface area contributed by atoms with Gasteiger partial charge in [-0.15, -0.1) is 0 Å². The van der Waals surface area contributed by atoms with Crippen LogP contribution in [0.3, 0.4) is 0 Å². The van der Waals surface area contributed by atoms with Crippen LogP contribution >= 0.6 is 11.6 Å². The molecule has 1 heterocycles. The van der Waals surface area contributed by atoms with E-state index in [-0.39, 0.29) is 18.3 Å². The minimum Gasteiger partial charge on any atom is -0.484 e. The van der Waals surface area contributed by atoms with Gasteiger partial charge < -0.3 is 10.1 Å². The number of ketones is 1. The van der Waals surface area contributed by atoms with Gasteiger partial charge in [-0.3, -0.25) is 9.59 Å². The summed E-state index contributed by atoms with van der Waals surface area (Å²) in [6.45, 7) is 3.58. The SMILES string of the molecule is Cc1nn(-c2ccccc2)c(C)c1NC(=O)COc1ccc(C(=O)c2ccc(Cl)cc2)cc1. The second-order valence-electron chi connectivity index (χ2n) is 7.49. The van der Waals surface area contributed by atoms with E-state index in [1.165, 1.54) is 0 Å². The van der Waals surface area contributed by atoms with Gasteiger partial charge in [0.15, 0.2) is 12.4 Å². The number of rotatable bonds is 7. The van der Waals surface area contributed by atoms with Crippen molar-refractivity contribution in [2.75, 3.05) is 11.9 Å². The van der Waals surface area contributed by atoms with Gasteiger partial charge in [0.25, 0.3) is 5.91 Å². The number of hydrogen-bond acceptors (Lipinski definition) is 4. The molecule has 7 heteroatoms. The lowest BCUT2D eigenvalue weighted by atomic mass is 10.0. The Balaban J connectivity index is 1.37. The summed E-state index contributed by atoms with van der Waals surface area (Å²) < 4.78 is 7.39. The number of carbonyl (C=O) groups is 2. The summed E-state index contributed by atoms with van der Waals surface area (Å²) in [4.78, 5) is 25.0. The van der Waals surface area contributed by atoms with Gasteiger partial charge in [0, 0.05) is 16.1 Å². The van der Waals surface area contributed by atoms with Crippen molar-refractivity contribution in [3.8, 4) is 11.4 Å². The van der Waals surface area contributed by atoms with Gasteiger partial charge in [0.05, 0.1) is 22.8 Å². The molecule has 1 amide bonds. The van der Waals surface area contributed by atoms with E-state index >= 15 is 0 Å². The average molecular weight is 460 g/mol. The predicted octanol–water partition coefficient (Wildman–Crippen LogP) is 5.39. The molecular formula is C26H22ClN3O3. The number of carbonyl (C=O) groups excluding carboxylic acids is 2. The fourth-order valence-corrected chi connectivity index (χ4v) is 3.57. The van der Waals surface area contributed by atoms with E-state index in [4.69, 9.17) is 16.3 Å². The number of hydrogen-bond donors (Lipinski definition) is 1. The molecule has 33 heavy (non-hydrogen) atoms. The van der Waals surface area contributed by atoms with Crippen LogP contribution in [0.4, 0.5) is 5.69 Å². The molecule has 0 fully saturated rings. The van der Waals surface area contributed by atoms with Crippen LogP contribution in [0.15, 0.2) is 78.9 Å². The molecule has 0 aliphatic carbocycles. The van der Waals surface area contributed by atoms with Gasteiger partial charge in [-0.05, 0) is 74.5 Å². The fraction of sp³-hybridized carbons (Fsp3) is 0.115. The van der Waals surface area contributed by atoms with E-state index in [1.54, 1.807) is 53.2 Å². The predicted molar refractivity (Wildman–Crippen MR) is 128 cm³/mol. The van der Waals surface area contributed by atoms with Crippen molar-refractivity contribution >= 4 is 29.0 Å². The first-order valence-electron chi connectivity index (χ1n) is 10.4. The molecule has 4 rings (SSSR count). The van der Waals surface area contributed by atoms with E-state index in [0.717, 1.165) is 17.1 Å². The molecule has 0 unspecified atom stereocenters. The number of halogens is 1. The van der Waals surface area contributed by atoms with Crippen molar-refractivity contribution in [1.82, 2.24) is 9.78 Å². The Morgan fingerprint density at radius 3 is 2.15 bits per heavy atom. The number of amides is 1. The largest absolute Gasteiger partial charge is 0.484 e. The Morgan fingerprint density at radius 1 is 0.909 bits per heavy atom. The summed E-state index contributed by atoms with van der Waals surface area (Å²) in [6.07, 6.45) is 0. The zero-order chi connectivity index (χ0) is 23.4. The van der Waals surface area contributed by atoms with Crippen LogP contribution in [-0.4, -0.2) is 28.1 Å². The van der Waals surface area contributed by atoms with Crippen LogP contribution in [0, 0.1) is 13.8 Å². The summed E-state index contributed by atoms with van der Waals surface area (Å²) in [7, 11) is 0. The molecule has 0 radical (unpaired) electrons. The summed E-state index contributed by atoms with van der Waals surface area (Å²) in [5.74, 6) is 0.0821. The van der Waals surface area contributed by atoms with Crippen LogP contribution in [-0.2, 0) is 4.79 Å². The first-order valence-corrected chi connectivity index (χ1v) is 10.7. The quantitative estimate of drug-likeness (QED) is 0.376. The monoisotopic (exact) mass is 459 g/mol. The Bertz CT molecular complexity index is 1280. The summed E-state index contributed by atoms with van der Waals surface area (Å²) in [5, 5.41) is 7.99. The van der Waals surface area contributed by atoms with E-state index in [1.807, 2.05) is 44.2 Å². The maximum absolute atomic E-state index is 12.6. The van der Waals surface area contributed by atoms with Gasteiger partial charge in [-0.2, -0.15) is 5.10 Å². The Labute approximate surface area is 196 Å². The second kappa shape index (κ2) is 9.71. The van der Waals surface area contributed by atoms with Crippen LogP contribution in [0.5, 0.6) is 5.75 Å². The number of aryl methyl sites for hydroxylation is 1. The first-order chi connectivity index (χ1) is 15.9. The summed E-state index contributed by atoms with van der Waals surface area (Å²) in [6, 6.07) is 23.1. The molecular weight excluding hydrogens is 438 g/mol. The molecule has 1 N–H and O–H groups in total. The van der Waals surface area contributed by atoms with Crippen LogP contribution in [0.1, 0.15) is 27.3 Å². The zero-order valence-corrected chi connectivity index (χ0v) is 19.0. The lowest BCUT2D eigenvalue weighted by molar-refractivity contribution is -0.118. The van der Waals surface area contributed by atoms with Gasteiger partial charge in [-0.25, -0.2) is 4.68 Å². The van der Waals surface area contributed by atoms with Crippen LogP contribution in [0.2, 0.25) is 5.02 Å². The third kappa shape index (κ3) is 5.13. The van der Waals surface area contributed by atoms with Gasteiger partial charge in [0.1, 0.15) is 5.75 Å². The maximum Gasteiger partial charge on any atom is 0.262 e. The summed E-state index contributed by atoms with van der Waals surface area (Å²) in [5.41, 5.74) is 4.20. The molecule has 0 aliphatic heterocycles. The standard InChI is InChI=1S/C26H22ClN3O3/c1-17-25(18(2)30(29-17)22-6-4-3-5-7-22)28-24(31)16-33-23-14-10-20(11-15-23)26(32)19-8-12-21(27)13-9-19/h3-15H,16H2,1-2H3,(H,28,31). The second-order valence-corrected chi connectivity index (χ2v) is 7.93. The van der Waals surface area contributed by atoms with Crippen molar-refractivity contribution < 1.29 is 14.3 Å². The first kappa shape index (κ1) is 22.3. The van der Waals surface area contributed by atoms with Crippen molar-refractivity contribution in [3.05, 3.63) is 106 Å². The van der Waals surface area contributed by atoms with Gasteiger partial charge in [0.2, 0.25) is 0 Å². The number of para-hydroxylation sites is 1. The highest BCUT2D eigenvalue weighted by atomic mass is 35.5. The van der Waals surface area contributed by atoms with Crippen molar-refractivity contribution in [2.45, 2.75) is 13.8 Å². The number of nitrogens with zero attached hydrogens (tertiary/aromatic N) is 2. The van der Waals surface area contributed by atoms with E-state index in [9.17, 15) is 9.59 Å². The third-order valence-corrected chi connectivity index (χ3v) is 5.40. The Morgan fingerprint density at radius 2 is 1.52 bits per heavy atom. The van der Waals surface area contributed by atoms with Crippen molar-refractivity contribution in [2.24, 2.45) is 0 Å². The van der Waals surface area contributed by atoms with Crippen LogP contribution in [0.25, 0.3) is 5.69 Å². The highest BCUT2D eigenvalue weighted by Gasteiger charge is 2.16. The molecule has 0 bridgehead atoms. The van der Waals surface area contributed by atoms with Gasteiger partial charge in [-0.1, -0.05) is 29.8 Å². The molecule has 166 valence electrons. The Kier molecular flexibility index (Phi) is 6.56. The topological polar surface area (TPSA) is 73.2 Å². The summed E-state index contributed by atoms with van der Waals surface area (Å²) >= 11 is 5.88. The van der Waals surface area contributed by atoms with Crippen molar-refractivity contribution in [1.29, 1.82) is 0 Å². The number of nitrogens with one attached hydrogen (secondary N) is 1. The molecule has 3 aromatic carbocycles. The molecule has 0 saturated carbocycles. The molecule has 4 aromatic rings. The lowest BCUT2D eigenvalue weighted by Crippen LogP contribution is -2.21. The average Bonchev–Trinajstić information content (AvgIpc) is 3.12. The van der Waals surface area contributed by atoms with Crippen LogP contribution < -0.4 is 10.1 Å². The minimum atomic E-state index is -0.296. The Hall–Kier alpha value is -3.90. The molecule has 0 spiro atoms. The zero-order valence-electron chi connectivity index (χ0n) is 18.2. The maximum atomic E-state index is 12.6. The molecule has 0 aliphatic rings. The van der Waals surface area contributed by atoms with E-state index < -0.39 is 0 Å². The lowest BCUT2D eigenvalue weighted by Gasteiger charge is -2.09. The highest BCUT2D eigenvalue weighted by molar-refractivity contribution is 6.30. The minimum absolute atomic E-state index is 0.114.